The van der Waals surface area contributed by atoms with Gasteiger partial charge in [0.1, 0.15) is 5.75 Å². The molecule has 1 N–H and O–H groups in total. The Bertz CT molecular complexity index is 439. The van der Waals surface area contributed by atoms with E-state index >= 15 is 0 Å². The molecule has 0 aromatic heterocycles. The zero-order valence-corrected chi connectivity index (χ0v) is 14.0. The number of anilines is 1. The molecule has 0 saturated heterocycles. The van der Waals surface area contributed by atoms with Gasteiger partial charge in [0, 0.05) is 37.3 Å². The summed E-state index contributed by atoms with van der Waals surface area (Å²) in [6.45, 7) is 4.59. The summed E-state index contributed by atoms with van der Waals surface area (Å²) in [6, 6.07) is 8.36. The van der Waals surface area contributed by atoms with E-state index in [2.05, 4.69) is 49.4 Å². The van der Waals surface area contributed by atoms with Crippen molar-refractivity contribution < 1.29 is 4.74 Å². The molecule has 0 aliphatic heterocycles. The summed E-state index contributed by atoms with van der Waals surface area (Å²) in [4.78, 5) is 2.38. The van der Waals surface area contributed by atoms with Crippen molar-refractivity contribution in [3.05, 3.63) is 24.3 Å². The molecule has 0 atom stereocenters. The Morgan fingerprint density at radius 2 is 2.05 bits per heavy atom. The number of rotatable bonds is 6. The zero-order chi connectivity index (χ0) is 15.3. The van der Waals surface area contributed by atoms with Crippen LogP contribution in [0.3, 0.4) is 0 Å². The highest BCUT2D eigenvalue weighted by atomic mass is 16.5. The Morgan fingerprint density at radius 1 is 1.33 bits per heavy atom. The maximum Gasteiger partial charge on any atom is 0.120 e. The van der Waals surface area contributed by atoms with E-state index in [1.54, 1.807) is 7.11 Å². The molecule has 2 rings (SSSR count). The predicted octanol–water partition coefficient (Wildman–Crippen LogP) is 3.55. The van der Waals surface area contributed by atoms with E-state index in [4.69, 9.17) is 4.74 Å². The van der Waals surface area contributed by atoms with Gasteiger partial charge in [-0.15, -0.1) is 0 Å². The number of ether oxygens (including phenoxy) is 1. The summed E-state index contributed by atoms with van der Waals surface area (Å²) in [5.41, 5.74) is 1.64. The summed E-state index contributed by atoms with van der Waals surface area (Å²) < 4.78 is 5.34. The van der Waals surface area contributed by atoms with Crippen LogP contribution >= 0.6 is 0 Å². The van der Waals surface area contributed by atoms with E-state index in [0.29, 0.717) is 5.41 Å². The first-order valence-electron chi connectivity index (χ1n) is 8.08. The van der Waals surface area contributed by atoms with Crippen molar-refractivity contribution in [3.8, 4) is 5.75 Å². The fourth-order valence-electron chi connectivity index (χ4n) is 3.58. The number of nitrogens with zero attached hydrogens (tertiary/aromatic N) is 1. The minimum atomic E-state index is 0.402. The molecule has 0 bridgehead atoms. The molecule has 3 nitrogen and oxygen atoms in total. The van der Waals surface area contributed by atoms with Gasteiger partial charge in [-0.25, -0.2) is 0 Å². The first kappa shape index (κ1) is 16.2. The smallest absolute Gasteiger partial charge is 0.120 e. The van der Waals surface area contributed by atoms with Crippen molar-refractivity contribution in [1.82, 2.24) is 5.32 Å². The average Bonchev–Trinajstić information content (AvgIpc) is 2.50. The van der Waals surface area contributed by atoms with E-state index in [1.165, 1.54) is 31.4 Å². The maximum atomic E-state index is 5.34. The van der Waals surface area contributed by atoms with E-state index < -0.39 is 0 Å². The molecular weight excluding hydrogens is 260 g/mol. The second-order valence-corrected chi connectivity index (χ2v) is 6.77. The van der Waals surface area contributed by atoms with Crippen molar-refractivity contribution in [3.63, 3.8) is 0 Å². The number of nitrogens with one attached hydrogen (secondary N) is 1. The SMILES string of the molecule is CNCC1(CN(C)c2cccc(OC)c2)CCC(C)CC1. The Labute approximate surface area is 129 Å². The summed E-state index contributed by atoms with van der Waals surface area (Å²) in [7, 11) is 6.00. The van der Waals surface area contributed by atoms with Crippen LogP contribution in [0.5, 0.6) is 5.75 Å². The third-order valence-electron chi connectivity index (χ3n) is 4.95. The Morgan fingerprint density at radius 3 is 2.67 bits per heavy atom. The normalized spacial score (nSPS) is 25.6. The van der Waals surface area contributed by atoms with E-state index in [-0.39, 0.29) is 0 Å². The largest absolute Gasteiger partial charge is 0.497 e. The minimum Gasteiger partial charge on any atom is -0.497 e. The second kappa shape index (κ2) is 7.17. The highest BCUT2D eigenvalue weighted by Gasteiger charge is 2.34. The molecule has 0 spiro atoms. The quantitative estimate of drug-likeness (QED) is 0.867. The molecule has 1 aliphatic carbocycles. The summed E-state index contributed by atoms with van der Waals surface area (Å²) in [5.74, 6) is 1.82. The van der Waals surface area contributed by atoms with Crippen LogP contribution in [0.2, 0.25) is 0 Å². The van der Waals surface area contributed by atoms with Gasteiger partial charge < -0.3 is 15.0 Å². The van der Waals surface area contributed by atoms with Gasteiger partial charge in [-0.2, -0.15) is 0 Å². The van der Waals surface area contributed by atoms with Gasteiger partial charge >= 0.3 is 0 Å². The van der Waals surface area contributed by atoms with Crippen LogP contribution in [-0.2, 0) is 0 Å². The number of hydrogen-bond donors (Lipinski definition) is 1. The fourth-order valence-corrected chi connectivity index (χ4v) is 3.58. The van der Waals surface area contributed by atoms with Gasteiger partial charge in [-0.3, -0.25) is 0 Å². The van der Waals surface area contributed by atoms with E-state index in [1.807, 2.05) is 6.07 Å². The topological polar surface area (TPSA) is 24.5 Å². The van der Waals surface area contributed by atoms with Crippen molar-refractivity contribution in [2.75, 3.05) is 39.2 Å². The van der Waals surface area contributed by atoms with Crippen molar-refractivity contribution in [2.45, 2.75) is 32.6 Å². The Kier molecular flexibility index (Phi) is 5.51. The summed E-state index contributed by atoms with van der Waals surface area (Å²) in [5, 5.41) is 3.42. The van der Waals surface area contributed by atoms with Gasteiger partial charge in [0.25, 0.3) is 0 Å². The van der Waals surface area contributed by atoms with Crippen LogP contribution < -0.4 is 15.0 Å². The molecule has 1 fully saturated rings. The molecule has 118 valence electrons. The Hall–Kier alpha value is -1.22. The third-order valence-corrected chi connectivity index (χ3v) is 4.95. The van der Waals surface area contributed by atoms with Crippen LogP contribution in [-0.4, -0.2) is 34.3 Å². The van der Waals surface area contributed by atoms with Gasteiger partial charge in [0.15, 0.2) is 0 Å². The molecule has 1 aliphatic rings. The molecule has 0 radical (unpaired) electrons. The summed E-state index contributed by atoms with van der Waals surface area (Å²) in [6.07, 6.45) is 5.36. The first-order chi connectivity index (χ1) is 10.1. The van der Waals surface area contributed by atoms with Crippen LogP contribution in [0.1, 0.15) is 32.6 Å². The highest BCUT2D eigenvalue weighted by Crippen LogP contribution is 2.39. The average molecular weight is 290 g/mol. The number of benzene rings is 1. The maximum absolute atomic E-state index is 5.34. The van der Waals surface area contributed by atoms with Gasteiger partial charge in [-0.05, 0) is 37.9 Å². The van der Waals surface area contributed by atoms with Crippen molar-refractivity contribution in [2.24, 2.45) is 11.3 Å². The van der Waals surface area contributed by atoms with Crippen molar-refractivity contribution >= 4 is 5.69 Å². The third kappa shape index (κ3) is 4.13. The Balaban J connectivity index is 2.08. The van der Waals surface area contributed by atoms with Crippen LogP contribution in [0, 0.1) is 11.3 Å². The lowest BCUT2D eigenvalue weighted by Crippen LogP contribution is -2.44. The predicted molar refractivity (Wildman–Crippen MR) is 90.3 cm³/mol. The molecule has 1 aromatic rings. The molecule has 3 heteroatoms. The van der Waals surface area contributed by atoms with E-state index in [9.17, 15) is 0 Å². The second-order valence-electron chi connectivity index (χ2n) is 6.77. The molecule has 0 unspecified atom stereocenters. The number of methoxy groups -OCH3 is 1. The zero-order valence-electron chi connectivity index (χ0n) is 14.0. The standard InChI is InChI=1S/C18H30N2O/c1-15-8-10-18(11-9-15,13-19-2)14-20(3)16-6-5-7-17(12-16)21-4/h5-7,12,15,19H,8-11,13-14H2,1-4H3. The number of hydrogen-bond acceptors (Lipinski definition) is 3. The lowest BCUT2D eigenvalue weighted by atomic mass is 9.70. The molecular formula is C18H30N2O. The monoisotopic (exact) mass is 290 g/mol. The molecule has 1 aromatic carbocycles. The molecule has 0 amide bonds. The van der Waals surface area contributed by atoms with Crippen LogP contribution in [0.4, 0.5) is 5.69 Å². The van der Waals surface area contributed by atoms with Crippen LogP contribution in [0.15, 0.2) is 24.3 Å². The highest BCUT2D eigenvalue weighted by molar-refractivity contribution is 5.50. The molecule has 0 heterocycles. The lowest BCUT2D eigenvalue weighted by molar-refractivity contribution is 0.161. The van der Waals surface area contributed by atoms with Gasteiger partial charge in [-0.1, -0.05) is 25.8 Å². The van der Waals surface area contributed by atoms with Crippen LogP contribution in [0.25, 0.3) is 0 Å². The minimum absolute atomic E-state index is 0.402. The fraction of sp³-hybridized carbons (Fsp3) is 0.667. The summed E-state index contributed by atoms with van der Waals surface area (Å²) >= 11 is 0. The van der Waals surface area contributed by atoms with Gasteiger partial charge in [0.05, 0.1) is 7.11 Å². The molecule has 21 heavy (non-hydrogen) atoms. The lowest BCUT2D eigenvalue weighted by Gasteiger charge is -2.42. The van der Waals surface area contributed by atoms with Gasteiger partial charge in [0.2, 0.25) is 0 Å². The van der Waals surface area contributed by atoms with E-state index in [0.717, 1.165) is 24.8 Å². The van der Waals surface area contributed by atoms with Crippen molar-refractivity contribution in [1.29, 1.82) is 0 Å². The molecule has 1 saturated carbocycles. The first-order valence-corrected chi connectivity index (χ1v) is 8.08.